The summed E-state index contributed by atoms with van der Waals surface area (Å²) in [4.78, 5) is 10.6. The highest BCUT2D eigenvalue weighted by Gasteiger charge is 2.22. The number of hydrogen-bond donors (Lipinski definition) is 0. The summed E-state index contributed by atoms with van der Waals surface area (Å²) in [7, 11) is 0. The molecule has 0 saturated carbocycles. The summed E-state index contributed by atoms with van der Waals surface area (Å²) in [5.41, 5.74) is 14.9. The van der Waals surface area contributed by atoms with E-state index in [9.17, 15) is 0 Å². The summed E-state index contributed by atoms with van der Waals surface area (Å²) >= 11 is 0. The molecule has 288 valence electrons. The average molecular weight is 789 g/mol. The smallest absolute Gasteiger partial charge is 0.0973 e. The van der Waals surface area contributed by atoms with E-state index in [1.807, 2.05) is 12.1 Å². The quantitative estimate of drug-likeness (QED) is 0.174. The monoisotopic (exact) mass is 788 g/mol. The Kier molecular flexibility index (Phi) is 7.57. The Bertz CT molecular complexity index is 3900. The Labute approximate surface area is 357 Å². The topological polar surface area (TPSA) is 35.6 Å². The fraction of sp³-hybridized carbons (Fsp3) is 0. The standard InChI is InChI=1S/C58H36N4/c1-4-17-38(18-5-1)57-58(39-19-6-2-7-20-39)60-50-34-40(28-31-49(50)59-57)42-30-33-52(45-25-13-12-24-44(42)45)62-51-27-15-14-26-46(51)47-35-48-55(36-54(47)62)61(41-21-8-3-9-22-41)53-32-29-37-16-10-11-23-43(37)56(48)53/h1-36H. The van der Waals surface area contributed by atoms with E-state index in [0.717, 1.165) is 56.0 Å². The van der Waals surface area contributed by atoms with Gasteiger partial charge in [-0.15, -0.1) is 0 Å². The Morgan fingerprint density at radius 1 is 0.306 bits per heavy atom. The third kappa shape index (κ3) is 5.20. The minimum Gasteiger partial charge on any atom is -0.309 e. The lowest BCUT2D eigenvalue weighted by atomic mass is 9.96. The van der Waals surface area contributed by atoms with Crippen molar-refractivity contribution in [1.29, 1.82) is 0 Å². The van der Waals surface area contributed by atoms with Crippen LogP contribution >= 0.6 is 0 Å². The number of hydrogen-bond acceptors (Lipinski definition) is 2. The molecule has 4 nitrogen and oxygen atoms in total. The number of benzene rings is 10. The first-order valence-electron chi connectivity index (χ1n) is 21.2. The molecule has 0 saturated heterocycles. The van der Waals surface area contributed by atoms with Gasteiger partial charge >= 0.3 is 0 Å². The van der Waals surface area contributed by atoms with Crippen molar-refractivity contribution in [1.82, 2.24) is 19.1 Å². The van der Waals surface area contributed by atoms with E-state index in [-0.39, 0.29) is 0 Å². The second kappa shape index (κ2) is 13.6. The van der Waals surface area contributed by atoms with Crippen molar-refractivity contribution >= 4 is 76.2 Å². The highest BCUT2D eigenvalue weighted by atomic mass is 15.0. The number of fused-ring (bicyclic) bond motifs is 10. The van der Waals surface area contributed by atoms with Crippen LogP contribution in [-0.2, 0) is 0 Å². The maximum absolute atomic E-state index is 5.33. The van der Waals surface area contributed by atoms with E-state index in [1.165, 1.54) is 65.2 Å². The molecule has 10 aromatic carbocycles. The van der Waals surface area contributed by atoms with Crippen LogP contribution in [-0.4, -0.2) is 19.1 Å². The lowest BCUT2D eigenvalue weighted by Gasteiger charge is -2.16. The molecule has 0 aliphatic heterocycles. The van der Waals surface area contributed by atoms with Crippen molar-refractivity contribution in [3.63, 3.8) is 0 Å². The summed E-state index contributed by atoms with van der Waals surface area (Å²) in [5.74, 6) is 0. The molecule has 13 rings (SSSR count). The maximum atomic E-state index is 5.33. The lowest BCUT2D eigenvalue weighted by molar-refractivity contribution is 1.17. The van der Waals surface area contributed by atoms with E-state index >= 15 is 0 Å². The van der Waals surface area contributed by atoms with Crippen molar-refractivity contribution in [2.45, 2.75) is 0 Å². The van der Waals surface area contributed by atoms with Gasteiger partial charge in [0.2, 0.25) is 0 Å². The first kappa shape index (κ1) is 34.5. The first-order valence-corrected chi connectivity index (χ1v) is 21.2. The van der Waals surface area contributed by atoms with Crippen molar-refractivity contribution in [3.8, 4) is 45.0 Å². The number of aromatic nitrogens is 4. The zero-order valence-electron chi connectivity index (χ0n) is 33.6. The molecule has 62 heavy (non-hydrogen) atoms. The Balaban J connectivity index is 1.04. The van der Waals surface area contributed by atoms with E-state index in [1.54, 1.807) is 0 Å². The molecule has 0 unspecified atom stereocenters. The fourth-order valence-corrected chi connectivity index (χ4v) is 9.91. The molecule has 0 atom stereocenters. The minimum absolute atomic E-state index is 0.863. The molecule has 0 bridgehead atoms. The van der Waals surface area contributed by atoms with E-state index < -0.39 is 0 Å². The first-order chi connectivity index (χ1) is 30.8. The van der Waals surface area contributed by atoms with Crippen LogP contribution in [0.2, 0.25) is 0 Å². The van der Waals surface area contributed by atoms with Crippen LogP contribution < -0.4 is 0 Å². The van der Waals surface area contributed by atoms with E-state index in [4.69, 9.17) is 9.97 Å². The lowest BCUT2D eigenvalue weighted by Crippen LogP contribution is -1.98. The van der Waals surface area contributed by atoms with Gasteiger partial charge in [0.25, 0.3) is 0 Å². The zero-order valence-corrected chi connectivity index (χ0v) is 33.6. The molecule has 0 aliphatic carbocycles. The van der Waals surface area contributed by atoms with Gasteiger partial charge in [-0.05, 0) is 81.9 Å². The van der Waals surface area contributed by atoms with Crippen LogP contribution in [0.1, 0.15) is 0 Å². The van der Waals surface area contributed by atoms with E-state index in [0.29, 0.717) is 0 Å². The van der Waals surface area contributed by atoms with Crippen molar-refractivity contribution < 1.29 is 0 Å². The Hall–Kier alpha value is -8.34. The van der Waals surface area contributed by atoms with Gasteiger partial charge in [-0.2, -0.15) is 0 Å². The third-order valence-corrected chi connectivity index (χ3v) is 12.7. The average Bonchev–Trinajstić information content (AvgIpc) is 3.85. The highest BCUT2D eigenvalue weighted by molar-refractivity contribution is 6.25. The second-order valence-corrected chi connectivity index (χ2v) is 16.1. The summed E-state index contributed by atoms with van der Waals surface area (Å²) in [6.07, 6.45) is 0. The van der Waals surface area contributed by atoms with Crippen molar-refractivity contribution in [2.75, 3.05) is 0 Å². The molecule has 0 aliphatic rings. The van der Waals surface area contributed by atoms with Crippen LogP contribution in [0.4, 0.5) is 0 Å². The number of nitrogens with zero attached hydrogens (tertiary/aromatic N) is 4. The van der Waals surface area contributed by atoms with Crippen molar-refractivity contribution in [2.24, 2.45) is 0 Å². The molecule has 4 heteroatoms. The fourth-order valence-electron chi connectivity index (χ4n) is 9.91. The van der Waals surface area contributed by atoms with Gasteiger partial charge in [0.05, 0.1) is 50.2 Å². The summed E-state index contributed by atoms with van der Waals surface area (Å²) in [6.45, 7) is 0. The normalized spacial score (nSPS) is 11.9. The van der Waals surface area contributed by atoms with Crippen LogP contribution in [0.25, 0.3) is 121 Å². The molecule has 0 spiro atoms. The van der Waals surface area contributed by atoms with Crippen LogP contribution in [0.15, 0.2) is 218 Å². The molecule has 13 aromatic rings. The molecule has 3 aromatic heterocycles. The third-order valence-electron chi connectivity index (χ3n) is 12.7. The van der Waals surface area contributed by atoms with Gasteiger partial charge in [0, 0.05) is 43.7 Å². The van der Waals surface area contributed by atoms with Gasteiger partial charge < -0.3 is 9.13 Å². The van der Waals surface area contributed by atoms with Gasteiger partial charge in [-0.1, -0.05) is 164 Å². The van der Waals surface area contributed by atoms with Gasteiger partial charge in [0.1, 0.15) is 0 Å². The summed E-state index contributed by atoms with van der Waals surface area (Å²) < 4.78 is 4.92. The second-order valence-electron chi connectivity index (χ2n) is 16.1. The van der Waals surface area contributed by atoms with Gasteiger partial charge in [-0.3, -0.25) is 0 Å². The Morgan fingerprint density at radius 2 is 0.919 bits per heavy atom. The molecule has 3 heterocycles. The van der Waals surface area contributed by atoms with Crippen LogP contribution in [0.5, 0.6) is 0 Å². The molecule has 0 N–H and O–H groups in total. The predicted molar refractivity (Wildman–Crippen MR) is 260 cm³/mol. The molecule has 0 radical (unpaired) electrons. The molecular formula is C58H36N4. The molecule has 0 fully saturated rings. The highest BCUT2D eigenvalue weighted by Crippen LogP contribution is 2.44. The van der Waals surface area contributed by atoms with Crippen LogP contribution in [0, 0.1) is 0 Å². The number of para-hydroxylation sites is 2. The zero-order chi connectivity index (χ0) is 40.7. The number of rotatable bonds is 5. The predicted octanol–water partition coefficient (Wildman–Crippen LogP) is 15.1. The maximum Gasteiger partial charge on any atom is 0.0973 e. The van der Waals surface area contributed by atoms with Gasteiger partial charge in [0.15, 0.2) is 0 Å². The summed E-state index contributed by atoms with van der Waals surface area (Å²) in [5, 5.41) is 9.87. The molecule has 0 amide bonds. The largest absolute Gasteiger partial charge is 0.309 e. The van der Waals surface area contributed by atoms with Gasteiger partial charge in [-0.25, -0.2) is 9.97 Å². The van der Waals surface area contributed by atoms with Crippen LogP contribution in [0.3, 0.4) is 0 Å². The minimum atomic E-state index is 0.863. The summed E-state index contributed by atoms with van der Waals surface area (Å²) in [6, 6.07) is 78.5. The SMILES string of the molecule is c1ccc(-c2nc3ccc(-c4ccc(-n5c6ccccc6c6cc7c8c9ccccc9ccc8n(-c8ccccc8)c7cc65)c5ccccc45)cc3nc2-c2ccccc2)cc1. The molecular weight excluding hydrogens is 753 g/mol. The van der Waals surface area contributed by atoms with Crippen molar-refractivity contribution in [3.05, 3.63) is 218 Å². The van der Waals surface area contributed by atoms with E-state index in [2.05, 4.69) is 215 Å². The Morgan fingerprint density at radius 3 is 1.68 bits per heavy atom.